The van der Waals surface area contributed by atoms with E-state index in [1.54, 1.807) is 6.92 Å². The fraction of sp³-hybridized carbons (Fsp3) is 0.350. The normalized spacial score (nSPS) is 12.4. The fourth-order valence-electron chi connectivity index (χ4n) is 2.60. The van der Waals surface area contributed by atoms with Gasteiger partial charge in [-0.05, 0) is 48.6 Å². The highest BCUT2D eigenvalue weighted by Gasteiger charge is 2.12. The van der Waals surface area contributed by atoms with Crippen LogP contribution in [0.4, 0.5) is 0 Å². The largest absolute Gasteiger partial charge is 0.310 e. The maximum absolute atomic E-state index is 11.5. The standard InChI is InChI=1S/C20H25NO/c1-14(2)18-6-5-7-19(13-18)17-10-8-16(9-11-17)12-20(21-4)15(3)22/h5-11,13-14,20-21H,12H2,1-4H3/t20-/m0/s1. The van der Waals surface area contributed by atoms with Gasteiger partial charge in [0.25, 0.3) is 0 Å². The van der Waals surface area contributed by atoms with Crippen LogP contribution in [0.5, 0.6) is 0 Å². The van der Waals surface area contributed by atoms with E-state index in [2.05, 4.69) is 67.7 Å². The van der Waals surface area contributed by atoms with Gasteiger partial charge in [-0.25, -0.2) is 0 Å². The Labute approximate surface area is 133 Å². The second kappa shape index (κ2) is 7.37. The summed E-state index contributed by atoms with van der Waals surface area (Å²) in [7, 11) is 1.83. The number of nitrogens with one attached hydrogen (secondary N) is 1. The zero-order valence-corrected chi connectivity index (χ0v) is 13.9. The second-order valence-electron chi connectivity index (χ2n) is 6.13. The quantitative estimate of drug-likeness (QED) is 0.865. The van der Waals surface area contributed by atoms with Crippen molar-refractivity contribution in [3.8, 4) is 11.1 Å². The monoisotopic (exact) mass is 295 g/mol. The Morgan fingerprint density at radius 2 is 1.73 bits per heavy atom. The van der Waals surface area contributed by atoms with Crippen molar-refractivity contribution in [3.05, 3.63) is 59.7 Å². The van der Waals surface area contributed by atoms with E-state index in [0.717, 1.165) is 6.42 Å². The van der Waals surface area contributed by atoms with Gasteiger partial charge < -0.3 is 5.32 Å². The molecule has 0 heterocycles. The van der Waals surface area contributed by atoms with Crippen molar-refractivity contribution in [3.63, 3.8) is 0 Å². The molecular weight excluding hydrogens is 270 g/mol. The summed E-state index contributed by atoms with van der Waals surface area (Å²) in [5.41, 5.74) is 5.00. The lowest BCUT2D eigenvalue weighted by molar-refractivity contribution is -0.118. The van der Waals surface area contributed by atoms with Crippen molar-refractivity contribution in [2.45, 2.75) is 39.2 Å². The van der Waals surface area contributed by atoms with Crippen LogP contribution >= 0.6 is 0 Å². The minimum Gasteiger partial charge on any atom is -0.310 e. The summed E-state index contributed by atoms with van der Waals surface area (Å²) in [6.07, 6.45) is 0.734. The van der Waals surface area contributed by atoms with Crippen molar-refractivity contribution < 1.29 is 4.79 Å². The van der Waals surface area contributed by atoms with Gasteiger partial charge in [-0.15, -0.1) is 0 Å². The first kappa shape index (κ1) is 16.4. The molecule has 22 heavy (non-hydrogen) atoms. The van der Waals surface area contributed by atoms with E-state index in [-0.39, 0.29) is 11.8 Å². The van der Waals surface area contributed by atoms with E-state index in [1.165, 1.54) is 22.3 Å². The average molecular weight is 295 g/mol. The molecule has 2 rings (SSSR count). The highest BCUT2D eigenvalue weighted by molar-refractivity contribution is 5.81. The van der Waals surface area contributed by atoms with Crippen molar-refractivity contribution >= 4 is 5.78 Å². The van der Waals surface area contributed by atoms with Gasteiger partial charge in [-0.3, -0.25) is 4.79 Å². The van der Waals surface area contributed by atoms with Crippen molar-refractivity contribution in [2.75, 3.05) is 7.05 Å². The Kier molecular flexibility index (Phi) is 5.51. The number of carbonyl (C=O) groups excluding carboxylic acids is 1. The molecule has 0 aromatic heterocycles. The smallest absolute Gasteiger partial charge is 0.147 e. The van der Waals surface area contributed by atoms with Crippen LogP contribution < -0.4 is 5.32 Å². The molecule has 2 aromatic rings. The molecule has 0 saturated carbocycles. The lowest BCUT2D eigenvalue weighted by Gasteiger charge is -2.13. The van der Waals surface area contributed by atoms with Gasteiger partial charge in [0.2, 0.25) is 0 Å². The van der Waals surface area contributed by atoms with Crippen LogP contribution in [0.2, 0.25) is 0 Å². The molecule has 0 radical (unpaired) electrons. The number of carbonyl (C=O) groups is 1. The molecule has 0 saturated heterocycles. The van der Waals surface area contributed by atoms with Crippen LogP contribution in [-0.2, 0) is 11.2 Å². The lowest BCUT2D eigenvalue weighted by atomic mass is 9.96. The topological polar surface area (TPSA) is 29.1 Å². The van der Waals surface area contributed by atoms with Crippen molar-refractivity contribution in [1.82, 2.24) is 5.32 Å². The number of Topliss-reactive ketones (excluding diaryl/α,β-unsaturated/α-hetero) is 1. The number of ketones is 1. The summed E-state index contributed by atoms with van der Waals surface area (Å²) in [4.78, 5) is 11.5. The van der Waals surface area contributed by atoms with Gasteiger partial charge in [0, 0.05) is 0 Å². The van der Waals surface area contributed by atoms with Gasteiger partial charge in [-0.1, -0.05) is 62.4 Å². The summed E-state index contributed by atoms with van der Waals surface area (Å²) in [5.74, 6) is 0.711. The highest BCUT2D eigenvalue weighted by atomic mass is 16.1. The summed E-state index contributed by atoms with van der Waals surface area (Å²) >= 11 is 0. The van der Waals surface area contributed by atoms with Crippen LogP contribution in [0.1, 0.15) is 37.8 Å². The van der Waals surface area contributed by atoms with Crippen molar-refractivity contribution in [1.29, 1.82) is 0 Å². The van der Waals surface area contributed by atoms with E-state index in [4.69, 9.17) is 0 Å². The van der Waals surface area contributed by atoms with Crippen LogP contribution in [0, 0.1) is 0 Å². The maximum Gasteiger partial charge on any atom is 0.147 e. The molecule has 1 N–H and O–H groups in total. The average Bonchev–Trinajstić information content (AvgIpc) is 2.53. The molecule has 1 atom stereocenters. The van der Waals surface area contributed by atoms with Crippen LogP contribution in [0.25, 0.3) is 11.1 Å². The zero-order valence-electron chi connectivity index (χ0n) is 13.9. The first-order valence-corrected chi connectivity index (χ1v) is 7.88. The summed E-state index contributed by atoms with van der Waals surface area (Å²) < 4.78 is 0. The fourth-order valence-corrected chi connectivity index (χ4v) is 2.60. The number of hydrogen-bond donors (Lipinski definition) is 1. The molecule has 116 valence electrons. The van der Waals surface area contributed by atoms with E-state index in [9.17, 15) is 4.79 Å². The number of benzene rings is 2. The van der Waals surface area contributed by atoms with Gasteiger partial charge in [-0.2, -0.15) is 0 Å². The zero-order chi connectivity index (χ0) is 16.1. The second-order valence-corrected chi connectivity index (χ2v) is 6.13. The molecule has 2 aromatic carbocycles. The molecule has 0 aliphatic heterocycles. The Bertz CT molecular complexity index is 628. The van der Waals surface area contributed by atoms with Gasteiger partial charge in [0.05, 0.1) is 6.04 Å². The molecule has 0 amide bonds. The molecule has 0 aliphatic carbocycles. The minimum atomic E-state index is -0.102. The molecular formula is C20H25NO. The van der Waals surface area contributed by atoms with E-state index >= 15 is 0 Å². The maximum atomic E-state index is 11.5. The number of rotatable bonds is 6. The Balaban J connectivity index is 2.18. The summed E-state index contributed by atoms with van der Waals surface area (Å²) in [6, 6.07) is 17.1. The lowest BCUT2D eigenvalue weighted by Crippen LogP contribution is -2.34. The van der Waals surface area contributed by atoms with Gasteiger partial charge >= 0.3 is 0 Å². The number of hydrogen-bond acceptors (Lipinski definition) is 2. The summed E-state index contributed by atoms with van der Waals surface area (Å²) in [6.45, 7) is 6.05. The third-order valence-electron chi connectivity index (χ3n) is 4.12. The first-order chi connectivity index (χ1) is 10.5. The SMILES string of the molecule is CN[C@@H](Cc1ccc(-c2cccc(C(C)C)c2)cc1)C(C)=O. The third kappa shape index (κ3) is 4.05. The van der Waals surface area contributed by atoms with Gasteiger partial charge in [0.1, 0.15) is 5.78 Å². The molecule has 0 unspecified atom stereocenters. The molecule has 0 bridgehead atoms. The third-order valence-corrected chi connectivity index (χ3v) is 4.12. The minimum absolute atomic E-state index is 0.102. The Morgan fingerprint density at radius 1 is 1.05 bits per heavy atom. The molecule has 0 aliphatic rings. The van der Waals surface area contributed by atoms with E-state index < -0.39 is 0 Å². The predicted octanol–water partition coefficient (Wildman–Crippen LogP) is 4.20. The molecule has 0 spiro atoms. The number of likely N-dealkylation sites (N-methyl/N-ethyl adjacent to an activating group) is 1. The molecule has 0 fully saturated rings. The van der Waals surface area contributed by atoms with Gasteiger partial charge in [0.15, 0.2) is 0 Å². The van der Waals surface area contributed by atoms with Crippen molar-refractivity contribution in [2.24, 2.45) is 0 Å². The molecule has 2 heteroatoms. The Morgan fingerprint density at radius 3 is 2.27 bits per heavy atom. The van der Waals surface area contributed by atoms with Crippen LogP contribution in [0.15, 0.2) is 48.5 Å². The van der Waals surface area contributed by atoms with E-state index in [0.29, 0.717) is 5.92 Å². The van der Waals surface area contributed by atoms with Crippen LogP contribution in [-0.4, -0.2) is 18.9 Å². The molecule has 2 nitrogen and oxygen atoms in total. The van der Waals surface area contributed by atoms with E-state index in [1.807, 2.05) is 7.05 Å². The first-order valence-electron chi connectivity index (χ1n) is 7.88. The highest BCUT2D eigenvalue weighted by Crippen LogP contribution is 2.24. The predicted molar refractivity (Wildman–Crippen MR) is 93.2 cm³/mol. The Hall–Kier alpha value is -1.93. The van der Waals surface area contributed by atoms with Crippen LogP contribution in [0.3, 0.4) is 0 Å². The summed E-state index contributed by atoms with van der Waals surface area (Å²) in [5, 5.41) is 3.07.